The number of rotatable bonds is 6. The zero-order valence-corrected chi connectivity index (χ0v) is 11.3. The van der Waals surface area contributed by atoms with Crippen LogP contribution < -0.4 is 5.32 Å². The average Bonchev–Trinajstić information content (AvgIpc) is 2.88. The molecule has 1 aliphatic carbocycles. The van der Waals surface area contributed by atoms with Crippen LogP contribution in [0.4, 0.5) is 0 Å². The first-order valence-electron chi connectivity index (χ1n) is 7.29. The molecule has 2 fully saturated rings. The van der Waals surface area contributed by atoms with Gasteiger partial charge < -0.3 is 14.8 Å². The molecule has 4 heteroatoms. The lowest BCUT2D eigenvalue weighted by Gasteiger charge is -2.23. The average molecular weight is 248 g/mol. The predicted molar refractivity (Wildman–Crippen MR) is 72.5 cm³/mol. The first kappa shape index (κ1) is 12.2. The van der Waals surface area contributed by atoms with Gasteiger partial charge in [-0.3, -0.25) is 0 Å². The summed E-state index contributed by atoms with van der Waals surface area (Å²) >= 11 is 0. The third kappa shape index (κ3) is 2.93. The largest absolute Gasteiger partial charge is 0.329 e. The Bertz CT molecular complexity index is 377. The lowest BCUT2D eigenvalue weighted by atomic mass is 10.3. The summed E-state index contributed by atoms with van der Waals surface area (Å²) in [7, 11) is 0. The Labute approximate surface area is 109 Å². The molecular formula is C14H24N4. The van der Waals surface area contributed by atoms with Crippen molar-refractivity contribution in [2.24, 2.45) is 0 Å². The number of imidazole rings is 1. The van der Waals surface area contributed by atoms with Crippen LogP contribution in [0.5, 0.6) is 0 Å². The van der Waals surface area contributed by atoms with Crippen LogP contribution in [-0.4, -0.2) is 40.1 Å². The first-order chi connectivity index (χ1) is 8.83. The molecule has 0 radical (unpaired) electrons. The molecule has 1 aromatic rings. The Morgan fingerprint density at radius 2 is 2.17 bits per heavy atom. The standard InChI is InChI=1S/C14H24N4/c1-12(10-17-6-2-3-7-17)18-11-15-8-14(18)9-16-13-4-5-13/h8,11-13,16H,2-7,9-10H2,1H3. The molecule has 0 aromatic carbocycles. The SMILES string of the molecule is CC(CN1CCCC1)n1cncc1CNC1CC1. The van der Waals surface area contributed by atoms with Crippen LogP contribution in [0.25, 0.3) is 0 Å². The fourth-order valence-electron chi connectivity index (χ4n) is 2.83. The molecule has 1 aromatic heterocycles. The summed E-state index contributed by atoms with van der Waals surface area (Å²) in [6.45, 7) is 6.98. The van der Waals surface area contributed by atoms with Gasteiger partial charge in [-0.1, -0.05) is 0 Å². The van der Waals surface area contributed by atoms with E-state index < -0.39 is 0 Å². The van der Waals surface area contributed by atoms with Gasteiger partial charge in [0.1, 0.15) is 0 Å². The van der Waals surface area contributed by atoms with E-state index in [-0.39, 0.29) is 0 Å². The maximum atomic E-state index is 4.32. The van der Waals surface area contributed by atoms with Crippen LogP contribution in [0.3, 0.4) is 0 Å². The van der Waals surface area contributed by atoms with Crippen LogP contribution in [-0.2, 0) is 6.54 Å². The van der Waals surface area contributed by atoms with Crippen molar-refractivity contribution in [3.63, 3.8) is 0 Å². The van der Waals surface area contributed by atoms with Gasteiger partial charge in [-0.15, -0.1) is 0 Å². The quantitative estimate of drug-likeness (QED) is 0.833. The van der Waals surface area contributed by atoms with Gasteiger partial charge >= 0.3 is 0 Å². The maximum absolute atomic E-state index is 4.32. The third-order valence-corrected chi connectivity index (χ3v) is 4.09. The lowest BCUT2D eigenvalue weighted by Crippen LogP contribution is -2.28. The van der Waals surface area contributed by atoms with Crippen molar-refractivity contribution in [3.8, 4) is 0 Å². The summed E-state index contributed by atoms with van der Waals surface area (Å²) < 4.78 is 2.34. The normalized spacial score (nSPS) is 22.5. The van der Waals surface area contributed by atoms with E-state index in [9.17, 15) is 0 Å². The first-order valence-corrected chi connectivity index (χ1v) is 7.29. The van der Waals surface area contributed by atoms with E-state index in [2.05, 4.69) is 26.7 Å². The summed E-state index contributed by atoms with van der Waals surface area (Å²) in [6.07, 6.45) is 9.43. The smallest absolute Gasteiger partial charge is 0.0951 e. The molecule has 2 heterocycles. The number of hydrogen-bond donors (Lipinski definition) is 1. The highest BCUT2D eigenvalue weighted by Crippen LogP contribution is 2.20. The highest BCUT2D eigenvalue weighted by molar-refractivity contribution is 5.01. The summed E-state index contributed by atoms with van der Waals surface area (Å²) in [5.74, 6) is 0. The molecule has 3 rings (SSSR count). The van der Waals surface area contributed by atoms with Gasteiger partial charge in [0.15, 0.2) is 0 Å². The molecule has 1 saturated carbocycles. The summed E-state index contributed by atoms with van der Waals surface area (Å²) in [5, 5.41) is 3.57. The zero-order chi connectivity index (χ0) is 12.4. The Morgan fingerprint density at radius 3 is 2.89 bits per heavy atom. The number of hydrogen-bond acceptors (Lipinski definition) is 3. The van der Waals surface area contributed by atoms with Crippen LogP contribution in [0.2, 0.25) is 0 Å². The van der Waals surface area contributed by atoms with Crippen LogP contribution in [0, 0.1) is 0 Å². The molecule has 18 heavy (non-hydrogen) atoms. The highest BCUT2D eigenvalue weighted by atomic mass is 15.2. The second-order valence-electron chi connectivity index (χ2n) is 5.80. The summed E-state index contributed by atoms with van der Waals surface area (Å²) in [4.78, 5) is 6.89. The van der Waals surface area contributed by atoms with Crippen molar-refractivity contribution in [2.75, 3.05) is 19.6 Å². The minimum Gasteiger partial charge on any atom is -0.329 e. The van der Waals surface area contributed by atoms with Crippen molar-refractivity contribution in [1.82, 2.24) is 19.8 Å². The van der Waals surface area contributed by atoms with E-state index in [1.165, 1.54) is 44.5 Å². The molecule has 0 spiro atoms. The van der Waals surface area contributed by atoms with E-state index in [0.717, 1.165) is 19.1 Å². The Hall–Kier alpha value is -0.870. The van der Waals surface area contributed by atoms with Crippen molar-refractivity contribution in [3.05, 3.63) is 18.2 Å². The van der Waals surface area contributed by atoms with Crippen LogP contribution >= 0.6 is 0 Å². The van der Waals surface area contributed by atoms with Crippen molar-refractivity contribution < 1.29 is 0 Å². The number of nitrogens with zero attached hydrogens (tertiary/aromatic N) is 3. The molecule has 0 amide bonds. The fourth-order valence-corrected chi connectivity index (χ4v) is 2.83. The van der Waals surface area contributed by atoms with Gasteiger partial charge in [-0.25, -0.2) is 4.98 Å². The van der Waals surface area contributed by atoms with Crippen molar-refractivity contribution in [2.45, 2.75) is 51.2 Å². The number of likely N-dealkylation sites (tertiary alicyclic amines) is 1. The molecule has 100 valence electrons. The Balaban J connectivity index is 1.57. The van der Waals surface area contributed by atoms with E-state index in [0.29, 0.717) is 6.04 Å². The Morgan fingerprint density at radius 1 is 1.39 bits per heavy atom. The van der Waals surface area contributed by atoms with E-state index >= 15 is 0 Å². The molecule has 1 saturated heterocycles. The molecule has 1 atom stereocenters. The lowest BCUT2D eigenvalue weighted by molar-refractivity contribution is 0.284. The second kappa shape index (κ2) is 5.41. The van der Waals surface area contributed by atoms with Crippen molar-refractivity contribution >= 4 is 0 Å². The molecule has 2 aliphatic rings. The van der Waals surface area contributed by atoms with E-state index in [1.54, 1.807) is 0 Å². The van der Waals surface area contributed by atoms with E-state index in [1.807, 2.05) is 12.5 Å². The zero-order valence-electron chi connectivity index (χ0n) is 11.3. The minimum absolute atomic E-state index is 0.529. The molecule has 1 N–H and O–H groups in total. The highest BCUT2D eigenvalue weighted by Gasteiger charge is 2.21. The van der Waals surface area contributed by atoms with Gasteiger partial charge in [0.2, 0.25) is 0 Å². The summed E-state index contributed by atoms with van der Waals surface area (Å²) in [5.41, 5.74) is 1.33. The van der Waals surface area contributed by atoms with E-state index in [4.69, 9.17) is 0 Å². The third-order valence-electron chi connectivity index (χ3n) is 4.09. The second-order valence-corrected chi connectivity index (χ2v) is 5.80. The molecule has 1 aliphatic heterocycles. The van der Waals surface area contributed by atoms with Crippen molar-refractivity contribution in [1.29, 1.82) is 0 Å². The van der Waals surface area contributed by atoms with Crippen LogP contribution in [0.15, 0.2) is 12.5 Å². The number of nitrogens with one attached hydrogen (secondary N) is 1. The monoisotopic (exact) mass is 248 g/mol. The molecular weight excluding hydrogens is 224 g/mol. The minimum atomic E-state index is 0.529. The molecule has 1 unspecified atom stereocenters. The van der Waals surface area contributed by atoms with Gasteiger partial charge in [0, 0.05) is 31.4 Å². The molecule has 0 bridgehead atoms. The number of aromatic nitrogens is 2. The van der Waals surface area contributed by atoms with Crippen LogP contribution in [0.1, 0.15) is 44.3 Å². The van der Waals surface area contributed by atoms with Gasteiger partial charge in [-0.2, -0.15) is 0 Å². The van der Waals surface area contributed by atoms with Gasteiger partial charge in [-0.05, 0) is 45.7 Å². The predicted octanol–water partition coefficient (Wildman–Crippen LogP) is 1.79. The Kier molecular flexibility index (Phi) is 3.66. The topological polar surface area (TPSA) is 33.1 Å². The molecule has 4 nitrogen and oxygen atoms in total. The summed E-state index contributed by atoms with van der Waals surface area (Å²) in [6, 6.07) is 1.30. The van der Waals surface area contributed by atoms with Gasteiger partial charge in [0.05, 0.1) is 12.0 Å². The van der Waals surface area contributed by atoms with Gasteiger partial charge in [0.25, 0.3) is 0 Å². The maximum Gasteiger partial charge on any atom is 0.0951 e. The fraction of sp³-hybridized carbons (Fsp3) is 0.786.